The van der Waals surface area contributed by atoms with E-state index in [1.165, 1.54) is 0 Å². The molecule has 6 heteroatoms. The predicted octanol–water partition coefficient (Wildman–Crippen LogP) is 2.63. The molecule has 2 N–H and O–H groups in total. The molecule has 6 nitrogen and oxygen atoms in total. The lowest BCUT2D eigenvalue weighted by Gasteiger charge is -2.05. The van der Waals surface area contributed by atoms with Crippen molar-refractivity contribution in [1.29, 1.82) is 0 Å². The van der Waals surface area contributed by atoms with Crippen molar-refractivity contribution in [3.05, 3.63) is 71.8 Å². The Morgan fingerprint density at radius 3 is 2.42 bits per heavy atom. The Morgan fingerprint density at radius 1 is 1.08 bits per heavy atom. The number of benzene rings is 2. The molecule has 0 unspecified atom stereocenters. The van der Waals surface area contributed by atoms with E-state index in [4.69, 9.17) is 4.74 Å². The summed E-state index contributed by atoms with van der Waals surface area (Å²) in [6, 6.07) is 16.4. The van der Waals surface area contributed by atoms with Gasteiger partial charge in [-0.05, 0) is 42.8 Å². The third kappa shape index (κ3) is 6.24. The van der Waals surface area contributed by atoms with Crippen molar-refractivity contribution in [2.24, 2.45) is 5.10 Å². The van der Waals surface area contributed by atoms with Crippen molar-refractivity contribution >= 4 is 23.6 Å². The summed E-state index contributed by atoms with van der Waals surface area (Å²) in [4.78, 5) is 23.7. The molecule has 0 aliphatic carbocycles. The van der Waals surface area contributed by atoms with Gasteiger partial charge >= 0.3 is 0 Å². The van der Waals surface area contributed by atoms with Crippen LogP contribution in [0.5, 0.6) is 5.75 Å². The van der Waals surface area contributed by atoms with Crippen LogP contribution in [0.25, 0.3) is 6.08 Å². The summed E-state index contributed by atoms with van der Waals surface area (Å²) in [6.07, 6.45) is 3.70. The first-order chi connectivity index (χ1) is 12.6. The second-order valence-corrected chi connectivity index (χ2v) is 5.44. The average molecular weight is 351 g/mol. The first kappa shape index (κ1) is 18.9. The normalized spacial score (nSPS) is 11.2. The fourth-order valence-electron chi connectivity index (χ4n) is 2.01. The number of amides is 2. The highest BCUT2D eigenvalue weighted by Gasteiger charge is 2.07. The van der Waals surface area contributed by atoms with Crippen LogP contribution in [-0.4, -0.2) is 31.2 Å². The molecular weight excluding hydrogens is 330 g/mol. The van der Waals surface area contributed by atoms with E-state index in [1.807, 2.05) is 36.4 Å². The molecule has 0 saturated heterocycles. The molecule has 2 amide bonds. The summed E-state index contributed by atoms with van der Waals surface area (Å²) in [7, 11) is 1.55. The van der Waals surface area contributed by atoms with Crippen molar-refractivity contribution in [3.8, 4) is 5.75 Å². The Balaban J connectivity index is 1.78. The lowest BCUT2D eigenvalue weighted by Crippen LogP contribution is -2.35. The molecular formula is C20H21N3O3. The number of allylic oxidation sites excluding steroid dienone is 1. The van der Waals surface area contributed by atoms with E-state index in [1.54, 1.807) is 44.4 Å². The van der Waals surface area contributed by atoms with Gasteiger partial charge in [-0.1, -0.05) is 36.4 Å². The van der Waals surface area contributed by atoms with Crippen LogP contribution < -0.4 is 15.5 Å². The van der Waals surface area contributed by atoms with Gasteiger partial charge in [0.2, 0.25) is 0 Å². The molecule has 0 atom stereocenters. The Labute approximate surface area is 152 Å². The fraction of sp³-hybridized carbons (Fsp3) is 0.150. The Kier molecular flexibility index (Phi) is 7.12. The summed E-state index contributed by atoms with van der Waals surface area (Å²) < 4.78 is 5.03. The molecule has 2 aromatic rings. The SMILES string of the molecule is COc1ccc(C(=O)NCC(=O)N/N=C(C)\C=C\c2ccccc2)cc1. The number of carbonyl (C=O) groups is 2. The van der Waals surface area contributed by atoms with Crippen LogP contribution in [0, 0.1) is 0 Å². The third-order valence-electron chi connectivity index (χ3n) is 3.44. The zero-order valence-corrected chi connectivity index (χ0v) is 14.7. The van der Waals surface area contributed by atoms with Gasteiger partial charge in [-0.15, -0.1) is 0 Å². The molecule has 2 aromatic carbocycles. The summed E-state index contributed by atoms with van der Waals surface area (Å²) in [5.74, 6) is -0.0838. The van der Waals surface area contributed by atoms with Crippen LogP contribution in [-0.2, 0) is 4.79 Å². The molecule has 0 spiro atoms. The Morgan fingerprint density at radius 2 is 1.77 bits per heavy atom. The first-order valence-corrected chi connectivity index (χ1v) is 8.07. The van der Waals surface area contributed by atoms with Crippen molar-refractivity contribution < 1.29 is 14.3 Å². The highest BCUT2D eigenvalue weighted by Crippen LogP contribution is 2.10. The topological polar surface area (TPSA) is 79.8 Å². The van der Waals surface area contributed by atoms with Gasteiger partial charge in [0.15, 0.2) is 0 Å². The second-order valence-electron chi connectivity index (χ2n) is 5.44. The van der Waals surface area contributed by atoms with Gasteiger partial charge in [0.05, 0.1) is 19.4 Å². The van der Waals surface area contributed by atoms with E-state index in [-0.39, 0.29) is 12.5 Å². The molecule has 134 valence electrons. The summed E-state index contributed by atoms with van der Waals surface area (Å²) in [5.41, 5.74) is 4.54. The van der Waals surface area contributed by atoms with Gasteiger partial charge in [-0.25, -0.2) is 5.43 Å². The Hall–Kier alpha value is -3.41. The number of ether oxygens (including phenoxy) is 1. The van der Waals surface area contributed by atoms with Gasteiger partial charge < -0.3 is 10.1 Å². The van der Waals surface area contributed by atoms with Crippen molar-refractivity contribution in [3.63, 3.8) is 0 Å². The zero-order valence-electron chi connectivity index (χ0n) is 14.7. The number of nitrogens with one attached hydrogen (secondary N) is 2. The number of methoxy groups -OCH3 is 1. The highest BCUT2D eigenvalue weighted by molar-refractivity contribution is 5.98. The lowest BCUT2D eigenvalue weighted by molar-refractivity contribution is -0.120. The van der Waals surface area contributed by atoms with Gasteiger partial charge in [0, 0.05) is 5.56 Å². The smallest absolute Gasteiger partial charge is 0.259 e. The van der Waals surface area contributed by atoms with Crippen LogP contribution >= 0.6 is 0 Å². The van der Waals surface area contributed by atoms with Crippen molar-refractivity contribution in [2.75, 3.05) is 13.7 Å². The standard InChI is InChI=1S/C20H21N3O3/c1-15(8-9-16-6-4-3-5-7-16)22-23-19(24)14-21-20(25)17-10-12-18(26-2)13-11-17/h3-13H,14H2,1-2H3,(H,21,25)(H,23,24)/b9-8+,22-15-. The molecule has 2 rings (SSSR count). The number of hydrogen-bond acceptors (Lipinski definition) is 4. The summed E-state index contributed by atoms with van der Waals surface area (Å²) >= 11 is 0. The molecule has 0 saturated carbocycles. The largest absolute Gasteiger partial charge is 0.497 e. The van der Waals surface area contributed by atoms with Gasteiger partial charge in [0.1, 0.15) is 5.75 Å². The van der Waals surface area contributed by atoms with Gasteiger partial charge in [-0.3, -0.25) is 9.59 Å². The molecule has 0 aromatic heterocycles. The maximum atomic E-state index is 12.0. The predicted molar refractivity (Wildman–Crippen MR) is 102 cm³/mol. The van der Waals surface area contributed by atoms with E-state index in [0.29, 0.717) is 17.0 Å². The molecule has 0 bridgehead atoms. The quantitative estimate of drug-likeness (QED) is 0.594. The van der Waals surface area contributed by atoms with E-state index in [0.717, 1.165) is 5.56 Å². The summed E-state index contributed by atoms with van der Waals surface area (Å²) in [6.45, 7) is 1.61. The molecule has 26 heavy (non-hydrogen) atoms. The second kappa shape index (κ2) is 9.78. The van der Waals surface area contributed by atoms with Crippen LogP contribution in [0.15, 0.2) is 65.8 Å². The van der Waals surface area contributed by atoms with Gasteiger partial charge in [0.25, 0.3) is 11.8 Å². The minimum atomic E-state index is -0.403. The monoisotopic (exact) mass is 351 g/mol. The highest BCUT2D eigenvalue weighted by atomic mass is 16.5. The number of nitrogens with zero attached hydrogens (tertiary/aromatic N) is 1. The number of hydrogen-bond donors (Lipinski definition) is 2. The van der Waals surface area contributed by atoms with Crippen LogP contribution in [0.1, 0.15) is 22.8 Å². The molecule has 0 aliphatic heterocycles. The minimum absolute atomic E-state index is 0.163. The maximum Gasteiger partial charge on any atom is 0.259 e. The lowest BCUT2D eigenvalue weighted by atomic mass is 10.2. The summed E-state index contributed by atoms with van der Waals surface area (Å²) in [5, 5.41) is 6.51. The molecule has 0 fully saturated rings. The van der Waals surface area contributed by atoms with E-state index in [2.05, 4.69) is 15.8 Å². The first-order valence-electron chi connectivity index (χ1n) is 8.07. The zero-order chi connectivity index (χ0) is 18.8. The minimum Gasteiger partial charge on any atom is -0.497 e. The number of rotatable bonds is 7. The number of carbonyl (C=O) groups excluding carboxylic acids is 2. The van der Waals surface area contributed by atoms with Crippen LogP contribution in [0.3, 0.4) is 0 Å². The maximum absolute atomic E-state index is 12.0. The van der Waals surface area contributed by atoms with Crippen molar-refractivity contribution in [2.45, 2.75) is 6.92 Å². The van der Waals surface area contributed by atoms with Crippen LogP contribution in [0.2, 0.25) is 0 Å². The van der Waals surface area contributed by atoms with Crippen molar-refractivity contribution in [1.82, 2.24) is 10.7 Å². The number of hydrazone groups is 1. The third-order valence-corrected chi connectivity index (χ3v) is 3.44. The van der Waals surface area contributed by atoms with Gasteiger partial charge in [-0.2, -0.15) is 5.10 Å². The molecule has 0 heterocycles. The van der Waals surface area contributed by atoms with E-state index < -0.39 is 5.91 Å². The van der Waals surface area contributed by atoms with E-state index in [9.17, 15) is 9.59 Å². The van der Waals surface area contributed by atoms with E-state index >= 15 is 0 Å². The molecule has 0 radical (unpaired) electrons. The average Bonchev–Trinajstić information content (AvgIpc) is 2.69. The van der Waals surface area contributed by atoms with Crippen LogP contribution in [0.4, 0.5) is 0 Å². The fourth-order valence-corrected chi connectivity index (χ4v) is 2.01. The Bertz CT molecular complexity index is 797. The molecule has 0 aliphatic rings.